The number of carbonyl (C=O) groups is 1. The number of ether oxygens (including phenoxy) is 1. The summed E-state index contributed by atoms with van der Waals surface area (Å²) in [6.45, 7) is 6.04. The number of thiazole rings is 1. The summed E-state index contributed by atoms with van der Waals surface area (Å²) in [5.41, 5.74) is 2.90. The van der Waals surface area contributed by atoms with Crippen LogP contribution >= 0.6 is 23.6 Å². The molecule has 0 aliphatic heterocycles. The lowest BCUT2D eigenvalue weighted by Gasteiger charge is -2.09. The van der Waals surface area contributed by atoms with Gasteiger partial charge in [-0.1, -0.05) is 17.4 Å². The van der Waals surface area contributed by atoms with Gasteiger partial charge in [0.2, 0.25) is 0 Å². The zero-order valence-corrected chi connectivity index (χ0v) is 19.8. The summed E-state index contributed by atoms with van der Waals surface area (Å²) in [4.78, 5) is 17.8. The van der Waals surface area contributed by atoms with Crippen molar-refractivity contribution >= 4 is 45.6 Å². The summed E-state index contributed by atoms with van der Waals surface area (Å²) in [5.74, 6) is 2.11. The van der Waals surface area contributed by atoms with Gasteiger partial charge < -0.3 is 9.15 Å². The standard InChI is InChI=1S/C23H23N5O3S2/c1-3-10-28-21(26-27-23(28)32)20-13(2)24-22(33-20)25-19(29)12-30-14-8-9-18-16(11-14)15-6-4-5-7-17(15)31-18/h3,8-9,11H,1,4-7,10,12H2,2H3,(H,27,32)(H,24,25,29). The van der Waals surface area contributed by atoms with Gasteiger partial charge >= 0.3 is 0 Å². The lowest BCUT2D eigenvalue weighted by molar-refractivity contribution is -0.118. The number of rotatable bonds is 7. The highest BCUT2D eigenvalue weighted by atomic mass is 32.1. The molecule has 1 aliphatic rings. The summed E-state index contributed by atoms with van der Waals surface area (Å²) in [7, 11) is 0. The lowest BCUT2D eigenvalue weighted by atomic mass is 9.96. The topological polar surface area (TPSA) is 98.0 Å². The Labute approximate surface area is 199 Å². The Morgan fingerprint density at radius 3 is 3.12 bits per heavy atom. The minimum atomic E-state index is -0.283. The summed E-state index contributed by atoms with van der Waals surface area (Å²) < 4.78 is 14.1. The Morgan fingerprint density at radius 1 is 1.42 bits per heavy atom. The van der Waals surface area contributed by atoms with E-state index in [0.29, 0.717) is 28.0 Å². The molecule has 3 heterocycles. The molecule has 2 N–H and O–H groups in total. The highest BCUT2D eigenvalue weighted by Gasteiger charge is 2.19. The van der Waals surface area contributed by atoms with Crippen molar-refractivity contribution in [2.75, 3.05) is 11.9 Å². The first kappa shape index (κ1) is 21.6. The van der Waals surface area contributed by atoms with E-state index in [9.17, 15) is 4.79 Å². The molecule has 1 amide bonds. The van der Waals surface area contributed by atoms with Crippen molar-refractivity contribution in [1.29, 1.82) is 0 Å². The largest absolute Gasteiger partial charge is 0.484 e. The Morgan fingerprint density at radius 2 is 2.27 bits per heavy atom. The van der Waals surface area contributed by atoms with Crippen LogP contribution in [0, 0.1) is 11.7 Å². The van der Waals surface area contributed by atoms with Crippen LogP contribution < -0.4 is 10.1 Å². The number of anilines is 1. The monoisotopic (exact) mass is 481 g/mol. The third kappa shape index (κ3) is 4.23. The number of nitrogens with zero attached hydrogens (tertiary/aromatic N) is 3. The van der Waals surface area contributed by atoms with Crippen LogP contribution in [-0.2, 0) is 24.2 Å². The van der Waals surface area contributed by atoms with Gasteiger partial charge in [-0.05, 0) is 56.6 Å². The normalized spacial score (nSPS) is 13.1. The van der Waals surface area contributed by atoms with E-state index in [1.54, 1.807) is 6.08 Å². The minimum Gasteiger partial charge on any atom is -0.484 e. The number of aryl methyl sites for hydroxylation is 3. The number of furan rings is 1. The highest BCUT2D eigenvalue weighted by molar-refractivity contribution is 7.71. The Bertz CT molecular complexity index is 1410. The van der Waals surface area contributed by atoms with Crippen LogP contribution in [0.15, 0.2) is 35.3 Å². The van der Waals surface area contributed by atoms with Gasteiger partial charge in [0.1, 0.15) is 17.1 Å². The van der Waals surface area contributed by atoms with Crippen molar-refractivity contribution in [2.45, 2.75) is 39.2 Å². The van der Waals surface area contributed by atoms with E-state index in [0.717, 1.165) is 46.6 Å². The Hall–Kier alpha value is -3.24. The fourth-order valence-corrected chi connectivity index (χ4v) is 5.27. The van der Waals surface area contributed by atoms with Gasteiger partial charge in [-0.3, -0.25) is 19.8 Å². The number of hydrogen-bond donors (Lipinski definition) is 2. The number of allylic oxidation sites excluding steroid dienone is 1. The van der Waals surface area contributed by atoms with E-state index in [2.05, 4.69) is 27.1 Å². The number of carbonyl (C=O) groups excluding carboxylic acids is 1. The van der Waals surface area contributed by atoms with Gasteiger partial charge in [0.05, 0.1) is 10.6 Å². The van der Waals surface area contributed by atoms with Crippen LogP contribution in [-0.4, -0.2) is 32.3 Å². The number of fused-ring (bicyclic) bond motifs is 3. The maximum absolute atomic E-state index is 12.5. The second kappa shape index (κ2) is 8.95. The molecule has 0 saturated carbocycles. The van der Waals surface area contributed by atoms with Crippen LogP contribution in [0.5, 0.6) is 5.75 Å². The van der Waals surface area contributed by atoms with Crippen molar-refractivity contribution < 1.29 is 13.9 Å². The molecule has 1 aromatic carbocycles. The van der Waals surface area contributed by atoms with Crippen LogP contribution in [0.4, 0.5) is 5.13 Å². The Balaban J connectivity index is 1.27. The summed E-state index contributed by atoms with van der Waals surface area (Å²) in [6, 6.07) is 5.70. The number of nitrogens with one attached hydrogen (secondary N) is 2. The van der Waals surface area contributed by atoms with E-state index < -0.39 is 0 Å². The van der Waals surface area contributed by atoms with Crippen LogP contribution in [0.2, 0.25) is 0 Å². The molecular formula is C23H23N5O3S2. The smallest absolute Gasteiger partial charge is 0.264 e. The molecule has 5 rings (SSSR count). The van der Waals surface area contributed by atoms with Gasteiger partial charge in [0.25, 0.3) is 5.91 Å². The third-order valence-electron chi connectivity index (χ3n) is 5.61. The maximum atomic E-state index is 12.5. The Kier molecular flexibility index (Phi) is 5.86. The van der Waals surface area contributed by atoms with E-state index in [-0.39, 0.29) is 12.5 Å². The SMILES string of the molecule is C=CCn1c(-c2sc(NC(=O)COc3ccc4oc5c(c4c3)CCCC5)nc2C)n[nH]c1=S. The number of aromatic nitrogens is 4. The molecule has 4 aromatic rings. The first-order valence-electron chi connectivity index (χ1n) is 10.7. The van der Waals surface area contributed by atoms with Gasteiger partial charge in [-0.15, -0.1) is 6.58 Å². The number of amides is 1. The molecule has 8 nitrogen and oxygen atoms in total. The van der Waals surface area contributed by atoms with Crippen LogP contribution in [0.25, 0.3) is 21.7 Å². The van der Waals surface area contributed by atoms with Crippen molar-refractivity contribution in [3.05, 3.63) is 52.6 Å². The van der Waals surface area contributed by atoms with E-state index in [4.69, 9.17) is 21.4 Å². The first-order chi connectivity index (χ1) is 16.0. The van der Waals surface area contributed by atoms with Gasteiger partial charge in [0.15, 0.2) is 22.3 Å². The molecule has 0 bridgehead atoms. The average Bonchev–Trinajstić information content (AvgIpc) is 3.47. The zero-order chi connectivity index (χ0) is 22.9. The fraction of sp³-hybridized carbons (Fsp3) is 0.304. The third-order valence-corrected chi connectivity index (χ3v) is 6.99. The van der Waals surface area contributed by atoms with Crippen LogP contribution in [0.3, 0.4) is 0 Å². The molecule has 3 aromatic heterocycles. The molecule has 0 saturated heterocycles. The van der Waals surface area contributed by atoms with E-state index in [1.807, 2.05) is 29.7 Å². The first-order valence-corrected chi connectivity index (χ1v) is 12.0. The molecule has 0 atom stereocenters. The van der Waals surface area contributed by atoms with Crippen molar-refractivity contribution in [3.8, 4) is 16.5 Å². The van der Waals surface area contributed by atoms with E-state index in [1.165, 1.54) is 23.3 Å². The number of benzene rings is 1. The molecule has 0 spiro atoms. The number of H-pyrrole nitrogens is 1. The summed E-state index contributed by atoms with van der Waals surface area (Å²) >= 11 is 6.62. The van der Waals surface area contributed by atoms with Gasteiger partial charge in [-0.2, -0.15) is 5.10 Å². The van der Waals surface area contributed by atoms with Crippen molar-refractivity contribution in [1.82, 2.24) is 19.7 Å². The van der Waals surface area contributed by atoms with Gasteiger partial charge in [-0.25, -0.2) is 4.98 Å². The lowest BCUT2D eigenvalue weighted by Crippen LogP contribution is -2.20. The quantitative estimate of drug-likeness (QED) is 0.278. The molecular weight excluding hydrogens is 458 g/mol. The van der Waals surface area contributed by atoms with Crippen LogP contribution in [0.1, 0.15) is 29.9 Å². The number of hydrogen-bond acceptors (Lipinski definition) is 7. The minimum absolute atomic E-state index is 0.116. The predicted octanol–water partition coefficient (Wildman–Crippen LogP) is 5.20. The second-order valence-electron chi connectivity index (χ2n) is 7.89. The van der Waals surface area contributed by atoms with Gasteiger partial charge in [0, 0.05) is 23.9 Å². The van der Waals surface area contributed by atoms with E-state index >= 15 is 0 Å². The predicted molar refractivity (Wildman–Crippen MR) is 130 cm³/mol. The zero-order valence-electron chi connectivity index (χ0n) is 18.1. The number of aromatic amines is 1. The maximum Gasteiger partial charge on any atom is 0.264 e. The average molecular weight is 482 g/mol. The molecule has 1 aliphatic carbocycles. The molecule has 0 radical (unpaired) electrons. The highest BCUT2D eigenvalue weighted by Crippen LogP contribution is 2.34. The molecule has 0 unspecified atom stereocenters. The molecule has 0 fully saturated rings. The molecule has 10 heteroatoms. The summed E-state index contributed by atoms with van der Waals surface area (Å²) in [6.07, 6.45) is 6.09. The van der Waals surface area contributed by atoms with Crippen molar-refractivity contribution in [3.63, 3.8) is 0 Å². The summed E-state index contributed by atoms with van der Waals surface area (Å²) in [5, 5.41) is 11.5. The fourth-order valence-electron chi connectivity index (χ4n) is 4.08. The molecule has 170 valence electrons. The molecule has 33 heavy (non-hydrogen) atoms. The second-order valence-corrected chi connectivity index (χ2v) is 9.28. The van der Waals surface area contributed by atoms with Crippen molar-refractivity contribution in [2.24, 2.45) is 0 Å².